The van der Waals surface area contributed by atoms with E-state index >= 15 is 0 Å². The maximum atomic E-state index is 13.2. The fourth-order valence-electron chi connectivity index (χ4n) is 4.05. The lowest BCUT2D eigenvalue weighted by molar-refractivity contribution is -0.132. The average molecular weight is 327 g/mol. The van der Waals surface area contributed by atoms with Gasteiger partial charge in [0.25, 0.3) is 5.91 Å². The second-order valence-corrected chi connectivity index (χ2v) is 6.62. The summed E-state index contributed by atoms with van der Waals surface area (Å²) in [6.07, 6.45) is 9.21. The molecule has 2 aromatic heterocycles. The minimum absolute atomic E-state index is 0.0267. The topological polar surface area (TPSA) is 70.8 Å². The third-order valence-corrected chi connectivity index (χ3v) is 5.30. The fourth-order valence-corrected chi connectivity index (χ4v) is 4.05. The van der Waals surface area contributed by atoms with Crippen LogP contribution in [0.25, 0.3) is 5.65 Å². The molecule has 4 heterocycles. The van der Waals surface area contributed by atoms with Crippen LogP contribution in [-0.4, -0.2) is 61.9 Å². The van der Waals surface area contributed by atoms with Gasteiger partial charge < -0.3 is 9.80 Å². The molecule has 2 saturated heterocycles. The van der Waals surface area contributed by atoms with Crippen LogP contribution in [0.15, 0.2) is 24.7 Å². The molecule has 2 amide bonds. The quantitative estimate of drug-likeness (QED) is 0.792. The van der Waals surface area contributed by atoms with E-state index in [-0.39, 0.29) is 23.9 Å². The zero-order chi connectivity index (χ0) is 16.7. The molecule has 0 aliphatic carbocycles. The maximum absolute atomic E-state index is 13.2. The molecule has 0 N–H and O–H groups in total. The SMILES string of the molecule is CN1C(=O)CCC[C@@H]2[C@H]1CCCN2C(=O)c1cnn2cccnc12. The van der Waals surface area contributed by atoms with Crippen LogP contribution in [0.2, 0.25) is 0 Å². The summed E-state index contributed by atoms with van der Waals surface area (Å²) in [7, 11) is 1.87. The monoisotopic (exact) mass is 327 g/mol. The Morgan fingerprint density at radius 2 is 2.08 bits per heavy atom. The molecule has 2 fully saturated rings. The molecule has 24 heavy (non-hydrogen) atoms. The number of likely N-dealkylation sites (N-methyl/N-ethyl adjacent to an activating group) is 1. The normalized spacial score (nSPS) is 24.8. The number of amides is 2. The van der Waals surface area contributed by atoms with E-state index in [2.05, 4.69) is 10.1 Å². The Bertz CT molecular complexity index is 786. The van der Waals surface area contributed by atoms with Crippen LogP contribution < -0.4 is 0 Å². The van der Waals surface area contributed by atoms with Crippen molar-refractivity contribution in [3.63, 3.8) is 0 Å². The van der Waals surface area contributed by atoms with Gasteiger partial charge in [0.2, 0.25) is 5.91 Å². The third-order valence-electron chi connectivity index (χ3n) is 5.30. The van der Waals surface area contributed by atoms with Crippen molar-refractivity contribution < 1.29 is 9.59 Å². The van der Waals surface area contributed by atoms with Gasteiger partial charge in [-0.15, -0.1) is 0 Å². The number of rotatable bonds is 1. The molecule has 2 aliphatic rings. The molecule has 7 nitrogen and oxygen atoms in total. The van der Waals surface area contributed by atoms with E-state index in [0.29, 0.717) is 17.6 Å². The molecule has 0 spiro atoms. The molecule has 0 saturated carbocycles. The molecule has 2 aliphatic heterocycles. The molecular weight excluding hydrogens is 306 g/mol. The van der Waals surface area contributed by atoms with Gasteiger partial charge in [-0.3, -0.25) is 9.59 Å². The minimum Gasteiger partial charge on any atom is -0.341 e. The summed E-state index contributed by atoms with van der Waals surface area (Å²) in [5.74, 6) is 0.163. The Labute approximate surface area is 140 Å². The van der Waals surface area contributed by atoms with E-state index in [1.807, 2.05) is 16.8 Å². The van der Waals surface area contributed by atoms with E-state index in [0.717, 1.165) is 32.2 Å². The number of carbonyl (C=O) groups is 2. The number of fused-ring (bicyclic) bond motifs is 2. The van der Waals surface area contributed by atoms with Gasteiger partial charge in [0.1, 0.15) is 5.56 Å². The van der Waals surface area contributed by atoms with Gasteiger partial charge >= 0.3 is 0 Å². The van der Waals surface area contributed by atoms with Crippen molar-refractivity contribution in [1.82, 2.24) is 24.4 Å². The average Bonchev–Trinajstić information content (AvgIpc) is 2.98. The molecule has 7 heteroatoms. The minimum atomic E-state index is -0.0267. The summed E-state index contributed by atoms with van der Waals surface area (Å²) in [6.45, 7) is 0.728. The van der Waals surface area contributed by atoms with Gasteiger partial charge in [-0.1, -0.05) is 0 Å². The zero-order valence-corrected chi connectivity index (χ0v) is 13.8. The van der Waals surface area contributed by atoms with Crippen molar-refractivity contribution in [2.24, 2.45) is 0 Å². The number of nitrogens with zero attached hydrogens (tertiary/aromatic N) is 5. The first-order valence-electron chi connectivity index (χ1n) is 8.52. The lowest BCUT2D eigenvalue weighted by atomic mass is 9.92. The second-order valence-electron chi connectivity index (χ2n) is 6.62. The predicted octanol–water partition coefficient (Wildman–Crippen LogP) is 1.34. The standard InChI is InChI=1S/C17H21N5O2/c1-20-13-6-3-9-21(14(13)5-2-7-15(20)23)17(24)12-11-19-22-10-4-8-18-16(12)22/h4,8,10-11,13-14H,2-3,5-7,9H2,1H3/t13-,14-/m1/s1. The number of likely N-dealkylation sites (tertiary alicyclic amines) is 2. The molecule has 4 rings (SSSR count). The number of carbonyl (C=O) groups excluding carboxylic acids is 2. The summed E-state index contributed by atoms with van der Waals surface area (Å²) < 4.78 is 1.62. The maximum Gasteiger partial charge on any atom is 0.259 e. The highest BCUT2D eigenvalue weighted by molar-refractivity contribution is 6.00. The number of piperidine rings is 1. The van der Waals surface area contributed by atoms with E-state index in [1.54, 1.807) is 29.2 Å². The Morgan fingerprint density at radius 1 is 1.25 bits per heavy atom. The number of hydrogen-bond donors (Lipinski definition) is 0. The van der Waals surface area contributed by atoms with E-state index in [4.69, 9.17) is 0 Å². The molecule has 2 aromatic rings. The Balaban J connectivity index is 1.67. The molecule has 0 aromatic carbocycles. The van der Waals surface area contributed by atoms with Crippen LogP contribution in [0, 0.1) is 0 Å². The van der Waals surface area contributed by atoms with Crippen molar-refractivity contribution in [3.05, 3.63) is 30.2 Å². The van der Waals surface area contributed by atoms with E-state index in [9.17, 15) is 9.59 Å². The first-order chi connectivity index (χ1) is 11.7. The first kappa shape index (κ1) is 15.1. The lowest BCUT2D eigenvalue weighted by Gasteiger charge is -2.43. The van der Waals surface area contributed by atoms with Gasteiger partial charge in [0.15, 0.2) is 5.65 Å². The molecule has 2 atom stereocenters. The summed E-state index contributed by atoms with van der Waals surface area (Å²) in [4.78, 5) is 33.4. The molecule has 0 bridgehead atoms. The number of aromatic nitrogens is 3. The summed E-state index contributed by atoms with van der Waals surface area (Å²) in [5, 5.41) is 4.23. The third kappa shape index (κ3) is 2.35. The molecule has 0 unspecified atom stereocenters. The van der Waals surface area contributed by atoms with Gasteiger partial charge in [0.05, 0.1) is 18.3 Å². The van der Waals surface area contributed by atoms with E-state index < -0.39 is 0 Å². The Morgan fingerprint density at radius 3 is 2.96 bits per heavy atom. The van der Waals surface area contributed by atoms with Crippen LogP contribution in [0.4, 0.5) is 0 Å². The van der Waals surface area contributed by atoms with Crippen molar-refractivity contribution in [2.75, 3.05) is 13.6 Å². The van der Waals surface area contributed by atoms with Crippen LogP contribution in [0.5, 0.6) is 0 Å². The van der Waals surface area contributed by atoms with Gasteiger partial charge in [-0.25, -0.2) is 9.50 Å². The van der Waals surface area contributed by atoms with Gasteiger partial charge in [-0.2, -0.15) is 5.10 Å². The highest BCUT2D eigenvalue weighted by atomic mass is 16.2. The number of hydrogen-bond acceptors (Lipinski definition) is 4. The van der Waals surface area contributed by atoms with Crippen LogP contribution in [-0.2, 0) is 4.79 Å². The highest BCUT2D eigenvalue weighted by Gasteiger charge is 2.40. The van der Waals surface area contributed by atoms with Crippen molar-refractivity contribution in [2.45, 2.75) is 44.2 Å². The van der Waals surface area contributed by atoms with E-state index in [1.165, 1.54) is 0 Å². The molecule has 0 radical (unpaired) electrons. The Kier molecular flexibility index (Phi) is 3.70. The molecule has 126 valence electrons. The van der Waals surface area contributed by atoms with Crippen molar-refractivity contribution >= 4 is 17.5 Å². The largest absolute Gasteiger partial charge is 0.341 e. The van der Waals surface area contributed by atoms with Gasteiger partial charge in [0, 0.05) is 32.4 Å². The van der Waals surface area contributed by atoms with Crippen LogP contribution in [0.1, 0.15) is 42.5 Å². The summed E-state index contributed by atoms with van der Waals surface area (Å²) >= 11 is 0. The summed E-state index contributed by atoms with van der Waals surface area (Å²) in [6, 6.07) is 1.99. The zero-order valence-electron chi connectivity index (χ0n) is 13.8. The Hall–Kier alpha value is -2.44. The van der Waals surface area contributed by atoms with Crippen molar-refractivity contribution in [1.29, 1.82) is 0 Å². The second kappa shape index (κ2) is 5.89. The predicted molar refractivity (Wildman–Crippen MR) is 87.5 cm³/mol. The highest BCUT2D eigenvalue weighted by Crippen LogP contribution is 2.30. The first-order valence-corrected chi connectivity index (χ1v) is 8.52. The van der Waals surface area contributed by atoms with Crippen molar-refractivity contribution in [3.8, 4) is 0 Å². The molecular formula is C17H21N5O2. The van der Waals surface area contributed by atoms with Crippen LogP contribution in [0.3, 0.4) is 0 Å². The smallest absolute Gasteiger partial charge is 0.259 e. The van der Waals surface area contributed by atoms with Crippen LogP contribution >= 0.6 is 0 Å². The lowest BCUT2D eigenvalue weighted by Crippen LogP contribution is -2.56. The van der Waals surface area contributed by atoms with Gasteiger partial charge in [-0.05, 0) is 31.7 Å². The summed E-state index contributed by atoms with van der Waals surface area (Å²) in [5.41, 5.74) is 1.12. The fraction of sp³-hybridized carbons (Fsp3) is 0.529.